The maximum Gasteiger partial charge on any atom is 0.264 e. The lowest BCUT2D eigenvalue weighted by Gasteiger charge is -2.17. The van der Waals surface area contributed by atoms with Gasteiger partial charge in [0.2, 0.25) is 0 Å². The summed E-state index contributed by atoms with van der Waals surface area (Å²) in [5.74, 6) is 1.71. The van der Waals surface area contributed by atoms with Crippen LogP contribution in [0.5, 0.6) is 5.75 Å². The van der Waals surface area contributed by atoms with Gasteiger partial charge >= 0.3 is 0 Å². The predicted octanol–water partition coefficient (Wildman–Crippen LogP) is 4.41. The summed E-state index contributed by atoms with van der Waals surface area (Å²) in [5.41, 5.74) is 1.93. The van der Waals surface area contributed by atoms with Gasteiger partial charge in [-0.3, -0.25) is 4.79 Å². The van der Waals surface area contributed by atoms with E-state index in [0.717, 1.165) is 50.8 Å². The largest absolute Gasteiger partial charge is 0.494 e. The SMILES string of the molecule is CCc1nc(C)c2c(C)c(C(=O)N(C)CCCOc3ccccc3)sc2n1. The molecular formula is C21H25N3O2S. The van der Waals surface area contributed by atoms with Crippen LogP contribution in [0.4, 0.5) is 0 Å². The summed E-state index contributed by atoms with van der Waals surface area (Å²) in [6, 6.07) is 9.73. The molecule has 0 bridgehead atoms. The highest BCUT2D eigenvalue weighted by molar-refractivity contribution is 7.20. The van der Waals surface area contributed by atoms with Gasteiger partial charge in [-0.15, -0.1) is 11.3 Å². The van der Waals surface area contributed by atoms with E-state index < -0.39 is 0 Å². The van der Waals surface area contributed by atoms with Gasteiger partial charge < -0.3 is 9.64 Å². The number of amides is 1. The third-order valence-electron chi connectivity index (χ3n) is 4.52. The van der Waals surface area contributed by atoms with E-state index in [1.54, 1.807) is 4.90 Å². The molecule has 0 aliphatic rings. The number of para-hydroxylation sites is 1. The van der Waals surface area contributed by atoms with Crippen LogP contribution < -0.4 is 4.74 Å². The van der Waals surface area contributed by atoms with Gasteiger partial charge in [-0.25, -0.2) is 9.97 Å². The zero-order valence-corrected chi connectivity index (χ0v) is 17.1. The molecule has 2 heterocycles. The van der Waals surface area contributed by atoms with Crippen LogP contribution >= 0.6 is 11.3 Å². The predicted molar refractivity (Wildman–Crippen MR) is 110 cm³/mol. The van der Waals surface area contributed by atoms with E-state index in [2.05, 4.69) is 9.97 Å². The molecule has 0 aliphatic heterocycles. The summed E-state index contributed by atoms with van der Waals surface area (Å²) in [5, 5.41) is 1.02. The summed E-state index contributed by atoms with van der Waals surface area (Å²) >= 11 is 1.47. The number of rotatable bonds is 7. The molecule has 0 atom stereocenters. The second-order valence-electron chi connectivity index (χ2n) is 6.56. The molecule has 0 saturated heterocycles. The molecule has 142 valence electrons. The number of carbonyl (C=O) groups excluding carboxylic acids is 1. The van der Waals surface area contributed by atoms with Crippen molar-refractivity contribution < 1.29 is 9.53 Å². The molecule has 3 aromatic rings. The summed E-state index contributed by atoms with van der Waals surface area (Å²) in [7, 11) is 1.84. The highest BCUT2D eigenvalue weighted by atomic mass is 32.1. The average molecular weight is 384 g/mol. The van der Waals surface area contributed by atoms with Gasteiger partial charge in [-0.05, 0) is 38.0 Å². The normalized spacial score (nSPS) is 11.0. The molecule has 0 unspecified atom stereocenters. The van der Waals surface area contributed by atoms with Gasteiger partial charge in [-0.2, -0.15) is 0 Å². The highest BCUT2D eigenvalue weighted by Gasteiger charge is 2.21. The summed E-state index contributed by atoms with van der Waals surface area (Å²) in [4.78, 5) is 25.5. The Labute approximate surface area is 164 Å². The Bertz CT molecular complexity index is 937. The minimum atomic E-state index is 0.0349. The van der Waals surface area contributed by atoms with Crippen molar-refractivity contribution in [3.63, 3.8) is 0 Å². The zero-order chi connectivity index (χ0) is 19.4. The van der Waals surface area contributed by atoms with Crippen molar-refractivity contribution in [2.75, 3.05) is 20.2 Å². The average Bonchev–Trinajstić information content (AvgIpc) is 3.02. The van der Waals surface area contributed by atoms with Crippen LogP contribution in [0, 0.1) is 13.8 Å². The van der Waals surface area contributed by atoms with E-state index in [4.69, 9.17) is 4.74 Å². The maximum absolute atomic E-state index is 12.9. The molecule has 1 aromatic carbocycles. The van der Waals surface area contributed by atoms with Gasteiger partial charge in [0.05, 0.1) is 11.5 Å². The standard InChI is InChI=1S/C21H25N3O2S/c1-5-17-22-15(3)18-14(2)19(27-20(18)23-17)21(25)24(4)12-9-13-26-16-10-7-6-8-11-16/h6-8,10-11H,5,9,12-13H2,1-4H3. The first-order chi connectivity index (χ1) is 13.0. The van der Waals surface area contributed by atoms with Gasteiger partial charge in [0.1, 0.15) is 16.4 Å². The number of thiophene rings is 1. The number of hydrogen-bond acceptors (Lipinski definition) is 5. The molecule has 5 nitrogen and oxygen atoms in total. The molecule has 3 rings (SSSR count). The Hall–Kier alpha value is -2.47. The topological polar surface area (TPSA) is 55.3 Å². The van der Waals surface area contributed by atoms with Crippen molar-refractivity contribution in [1.82, 2.24) is 14.9 Å². The molecule has 0 spiro atoms. The molecule has 0 aliphatic carbocycles. The fourth-order valence-electron chi connectivity index (χ4n) is 3.04. The van der Waals surface area contributed by atoms with Gasteiger partial charge in [0.15, 0.2) is 0 Å². The Morgan fingerprint density at radius 1 is 1.19 bits per heavy atom. The number of nitrogens with zero attached hydrogens (tertiary/aromatic N) is 3. The fraction of sp³-hybridized carbons (Fsp3) is 0.381. The number of hydrogen-bond donors (Lipinski definition) is 0. The number of aromatic nitrogens is 2. The van der Waals surface area contributed by atoms with Gasteiger partial charge in [0.25, 0.3) is 5.91 Å². The summed E-state index contributed by atoms with van der Waals surface area (Å²) in [6.45, 7) is 7.24. The molecule has 27 heavy (non-hydrogen) atoms. The number of benzene rings is 1. The Morgan fingerprint density at radius 2 is 1.93 bits per heavy atom. The molecule has 0 saturated carbocycles. The summed E-state index contributed by atoms with van der Waals surface area (Å²) in [6.07, 6.45) is 1.57. The van der Waals surface area contributed by atoms with E-state index >= 15 is 0 Å². The molecule has 0 radical (unpaired) electrons. The molecule has 6 heteroatoms. The van der Waals surface area contributed by atoms with Crippen LogP contribution in [0.2, 0.25) is 0 Å². The van der Waals surface area contributed by atoms with Gasteiger partial charge in [0, 0.05) is 31.1 Å². The smallest absolute Gasteiger partial charge is 0.264 e. The van der Waals surface area contributed by atoms with Crippen molar-refractivity contribution >= 4 is 27.5 Å². The maximum atomic E-state index is 12.9. The third-order valence-corrected chi connectivity index (χ3v) is 5.70. The molecule has 0 N–H and O–H groups in total. The highest BCUT2D eigenvalue weighted by Crippen LogP contribution is 2.32. The first-order valence-corrected chi connectivity index (χ1v) is 10.0. The molecule has 1 amide bonds. The summed E-state index contributed by atoms with van der Waals surface area (Å²) < 4.78 is 5.70. The number of carbonyl (C=O) groups is 1. The lowest BCUT2D eigenvalue weighted by atomic mass is 10.1. The van der Waals surface area contributed by atoms with Crippen molar-refractivity contribution in [2.45, 2.75) is 33.6 Å². The van der Waals surface area contributed by atoms with Gasteiger partial charge in [-0.1, -0.05) is 25.1 Å². The molecular weight excluding hydrogens is 358 g/mol. The van der Waals surface area contributed by atoms with Crippen LogP contribution in [0.3, 0.4) is 0 Å². The number of fused-ring (bicyclic) bond motifs is 1. The van der Waals surface area contributed by atoms with Crippen LogP contribution in [0.15, 0.2) is 30.3 Å². The van der Waals surface area contributed by atoms with Crippen molar-refractivity contribution in [1.29, 1.82) is 0 Å². The number of aryl methyl sites for hydroxylation is 3. The number of ether oxygens (including phenoxy) is 1. The Balaban J connectivity index is 1.66. The monoisotopic (exact) mass is 383 g/mol. The van der Waals surface area contributed by atoms with E-state index in [-0.39, 0.29) is 5.91 Å². The Morgan fingerprint density at radius 3 is 2.63 bits per heavy atom. The first-order valence-electron chi connectivity index (χ1n) is 9.21. The first kappa shape index (κ1) is 19.3. The van der Waals surface area contributed by atoms with Crippen molar-refractivity contribution in [3.8, 4) is 5.75 Å². The van der Waals surface area contributed by atoms with E-state index in [0.29, 0.717) is 13.2 Å². The molecule has 0 fully saturated rings. The van der Waals surface area contributed by atoms with Crippen LogP contribution in [-0.2, 0) is 6.42 Å². The third kappa shape index (κ3) is 4.27. The quantitative estimate of drug-likeness (QED) is 0.567. The lowest BCUT2D eigenvalue weighted by Crippen LogP contribution is -2.28. The Kier molecular flexibility index (Phi) is 6.06. The van der Waals surface area contributed by atoms with Crippen LogP contribution in [-0.4, -0.2) is 41.0 Å². The van der Waals surface area contributed by atoms with E-state index in [9.17, 15) is 4.79 Å². The van der Waals surface area contributed by atoms with Crippen molar-refractivity contribution in [3.05, 3.63) is 52.3 Å². The minimum absolute atomic E-state index is 0.0349. The van der Waals surface area contributed by atoms with Crippen molar-refractivity contribution in [2.24, 2.45) is 0 Å². The second-order valence-corrected chi connectivity index (χ2v) is 7.56. The fourth-order valence-corrected chi connectivity index (χ4v) is 4.29. The second kappa shape index (κ2) is 8.48. The zero-order valence-electron chi connectivity index (χ0n) is 16.3. The van der Waals surface area contributed by atoms with E-state index in [1.165, 1.54) is 11.3 Å². The minimum Gasteiger partial charge on any atom is -0.494 e. The van der Waals surface area contributed by atoms with Crippen LogP contribution in [0.25, 0.3) is 10.2 Å². The van der Waals surface area contributed by atoms with Crippen LogP contribution in [0.1, 0.15) is 40.1 Å². The molecule has 2 aromatic heterocycles. The van der Waals surface area contributed by atoms with E-state index in [1.807, 2.05) is 58.2 Å². The lowest BCUT2D eigenvalue weighted by molar-refractivity contribution is 0.0792.